The number of benzene rings is 1. The quantitative estimate of drug-likeness (QED) is 0.697. The molecule has 0 fully saturated rings. The average molecular weight is 317 g/mol. The summed E-state index contributed by atoms with van der Waals surface area (Å²) >= 11 is 0. The van der Waals surface area contributed by atoms with Crippen LogP contribution in [0.4, 0.5) is 0 Å². The van der Waals surface area contributed by atoms with Crippen molar-refractivity contribution >= 4 is 5.91 Å². The van der Waals surface area contributed by atoms with E-state index in [-0.39, 0.29) is 5.91 Å². The molecule has 4 nitrogen and oxygen atoms in total. The first-order valence-corrected chi connectivity index (χ1v) is 9.03. The van der Waals surface area contributed by atoms with Crippen LogP contribution in [0.3, 0.4) is 0 Å². The Morgan fingerprint density at radius 2 is 1.87 bits per heavy atom. The van der Waals surface area contributed by atoms with Crippen LogP contribution in [0.1, 0.15) is 56.2 Å². The fraction of sp³-hybridized carbons (Fsp3) is 0.632. The van der Waals surface area contributed by atoms with Gasteiger partial charge in [0.2, 0.25) is 5.91 Å². The third-order valence-electron chi connectivity index (χ3n) is 4.35. The topological polar surface area (TPSA) is 44.4 Å². The summed E-state index contributed by atoms with van der Waals surface area (Å²) < 4.78 is 0. The SMILES string of the molecule is CCCN(CCC)CCCC(=O)NCc1ccc2c(c1)CNC2. The predicted molar refractivity (Wildman–Crippen MR) is 95.1 cm³/mol. The van der Waals surface area contributed by atoms with Gasteiger partial charge in [0.05, 0.1) is 0 Å². The lowest BCUT2D eigenvalue weighted by Gasteiger charge is -2.20. The molecule has 0 spiro atoms. The molecule has 2 rings (SSSR count). The number of nitrogens with zero attached hydrogens (tertiary/aromatic N) is 1. The Kier molecular flexibility index (Phi) is 7.56. The Hall–Kier alpha value is -1.39. The molecule has 0 radical (unpaired) electrons. The number of amides is 1. The number of nitrogens with one attached hydrogen (secondary N) is 2. The third-order valence-corrected chi connectivity index (χ3v) is 4.35. The van der Waals surface area contributed by atoms with E-state index in [1.165, 1.54) is 29.5 Å². The van der Waals surface area contributed by atoms with Crippen LogP contribution in [0.2, 0.25) is 0 Å². The minimum Gasteiger partial charge on any atom is -0.352 e. The van der Waals surface area contributed by atoms with E-state index in [9.17, 15) is 4.79 Å². The van der Waals surface area contributed by atoms with Crippen molar-refractivity contribution in [2.45, 2.75) is 59.2 Å². The number of fused-ring (bicyclic) bond motifs is 1. The van der Waals surface area contributed by atoms with Gasteiger partial charge in [-0.05, 0) is 55.6 Å². The second kappa shape index (κ2) is 9.68. The average Bonchev–Trinajstić information content (AvgIpc) is 3.01. The van der Waals surface area contributed by atoms with Crippen LogP contribution in [-0.4, -0.2) is 30.4 Å². The lowest BCUT2D eigenvalue weighted by Crippen LogP contribution is -2.28. The summed E-state index contributed by atoms with van der Waals surface area (Å²) in [6.07, 6.45) is 3.93. The molecule has 1 aromatic carbocycles. The van der Waals surface area contributed by atoms with Crippen molar-refractivity contribution in [1.82, 2.24) is 15.5 Å². The lowest BCUT2D eigenvalue weighted by atomic mass is 10.1. The number of hydrogen-bond donors (Lipinski definition) is 2. The van der Waals surface area contributed by atoms with Gasteiger partial charge < -0.3 is 15.5 Å². The number of rotatable bonds is 10. The minimum absolute atomic E-state index is 0.163. The van der Waals surface area contributed by atoms with Gasteiger partial charge in [0.1, 0.15) is 0 Å². The summed E-state index contributed by atoms with van der Waals surface area (Å²) in [4.78, 5) is 14.5. The van der Waals surface area contributed by atoms with Crippen LogP contribution >= 0.6 is 0 Å². The highest BCUT2D eigenvalue weighted by Crippen LogP contribution is 2.16. The monoisotopic (exact) mass is 317 g/mol. The molecule has 1 heterocycles. The Balaban J connectivity index is 1.66. The summed E-state index contributed by atoms with van der Waals surface area (Å²) in [5.41, 5.74) is 3.94. The molecule has 1 amide bonds. The maximum absolute atomic E-state index is 12.0. The zero-order valence-electron chi connectivity index (χ0n) is 14.7. The molecule has 0 aliphatic carbocycles. The standard InChI is InChI=1S/C19H31N3O/c1-3-9-22(10-4-2)11-5-6-19(23)21-13-16-7-8-17-14-20-15-18(17)12-16/h7-8,12,20H,3-6,9-11,13-15H2,1-2H3,(H,21,23). The van der Waals surface area contributed by atoms with E-state index in [1.807, 2.05) is 0 Å². The number of carbonyl (C=O) groups excluding carboxylic acids is 1. The smallest absolute Gasteiger partial charge is 0.220 e. The summed E-state index contributed by atoms with van der Waals surface area (Å²) in [6, 6.07) is 6.50. The molecule has 128 valence electrons. The Labute approximate surface area is 140 Å². The van der Waals surface area contributed by atoms with Gasteiger partial charge in [0.15, 0.2) is 0 Å². The Morgan fingerprint density at radius 1 is 1.13 bits per heavy atom. The largest absolute Gasteiger partial charge is 0.352 e. The van der Waals surface area contributed by atoms with Crippen molar-refractivity contribution in [3.8, 4) is 0 Å². The molecule has 1 aliphatic rings. The molecule has 0 bridgehead atoms. The van der Waals surface area contributed by atoms with Crippen molar-refractivity contribution in [2.24, 2.45) is 0 Å². The molecule has 0 unspecified atom stereocenters. The van der Waals surface area contributed by atoms with Crippen molar-refractivity contribution in [2.75, 3.05) is 19.6 Å². The summed E-state index contributed by atoms with van der Waals surface area (Å²) in [6.45, 7) is 10.3. The second-order valence-electron chi connectivity index (χ2n) is 6.43. The van der Waals surface area contributed by atoms with Crippen molar-refractivity contribution in [1.29, 1.82) is 0 Å². The van der Waals surface area contributed by atoms with Crippen LogP contribution in [-0.2, 0) is 24.4 Å². The van der Waals surface area contributed by atoms with Gasteiger partial charge in [-0.1, -0.05) is 32.0 Å². The molecule has 0 atom stereocenters. The third kappa shape index (κ3) is 5.96. The normalized spacial score (nSPS) is 13.3. The number of hydrogen-bond acceptors (Lipinski definition) is 3. The molecule has 0 saturated carbocycles. The van der Waals surface area contributed by atoms with E-state index < -0.39 is 0 Å². The van der Waals surface area contributed by atoms with E-state index in [4.69, 9.17) is 0 Å². The molecule has 1 aliphatic heterocycles. The first-order valence-electron chi connectivity index (χ1n) is 9.03. The number of carbonyl (C=O) groups is 1. The van der Waals surface area contributed by atoms with E-state index in [0.29, 0.717) is 13.0 Å². The predicted octanol–water partition coefficient (Wildman–Crippen LogP) is 2.81. The molecule has 0 aromatic heterocycles. The molecule has 1 aromatic rings. The zero-order valence-corrected chi connectivity index (χ0v) is 14.7. The highest BCUT2D eigenvalue weighted by Gasteiger charge is 2.10. The van der Waals surface area contributed by atoms with Gasteiger partial charge in [-0.25, -0.2) is 0 Å². The van der Waals surface area contributed by atoms with Crippen molar-refractivity contribution < 1.29 is 4.79 Å². The summed E-state index contributed by atoms with van der Waals surface area (Å²) in [7, 11) is 0. The van der Waals surface area contributed by atoms with E-state index in [0.717, 1.165) is 39.1 Å². The van der Waals surface area contributed by atoms with Crippen LogP contribution in [0.25, 0.3) is 0 Å². The van der Waals surface area contributed by atoms with Crippen LogP contribution in [0.15, 0.2) is 18.2 Å². The molecular formula is C19H31N3O. The zero-order chi connectivity index (χ0) is 16.5. The molecule has 2 N–H and O–H groups in total. The molecule has 0 saturated heterocycles. The fourth-order valence-corrected chi connectivity index (χ4v) is 3.18. The molecule has 4 heteroatoms. The lowest BCUT2D eigenvalue weighted by molar-refractivity contribution is -0.121. The Bertz CT molecular complexity index is 495. The van der Waals surface area contributed by atoms with Gasteiger partial charge in [-0.15, -0.1) is 0 Å². The minimum atomic E-state index is 0.163. The van der Waals surface area contributed by atoms with Gasteiger partial charge in [-0.2, -0.15) is 0 Å². The molecule has 23 heavy (non-hydrogen) atoms. The summed E-state index contributed by atoms with van der Waals surface area (Å²) in [5.74, 6) is 0.163. The van der Waals surface area contributed by atoms with Crippen molar-refractivity contribution in [3.05, 3.63) is 34.9 Å². The molecular weight excluding hydrogens is 286 g/mol. The summed E-state index contributed by atoms with van der Waals surface area (Å²) in [5, 5.41) is 6.40. The highest BCUT2D eigenvalue weighted by molar-refractivity contribution is 5.75. The van der Waals surface area contributed by atoms with E-state index in [2.05, 4.69) is 47.6 Å². The van der Waals surface area contributed by atoms with E-state index >= 15 is 0 Å². The van der Waals surface area contributed by atoms with Crippen LogP contribution in [0.5, 0.6) is 0 Å². The van der Waals surface area contributed by atoms with E-state index in [1.54, 1.807) is 0 Å². The highest BCUT2D eigenvalue weighted by atomic mass is 16.1. The van der Waals surface area contributed by atoms with Crippen LogP contribution < -0.4 is 10.6 Å². The van der Waals surface area contributed by atoms with Gasteiger partial charge in [0, 0.05) is 26.1 Å². The first-order chi connectivity index (χ1) is 11.2. The van der Waals surface area contributed by atoms with Gasteiger partial charge >= 0.3 is 0 Å². The Morgan fingerprint density at radius 3 is 2.61 bits per heavy atom. The van der Waals surface area contributed by atoms with Crippen LogP contribution in [0, 0.1) is 0 Å². The van der Waals surface area contributed by atoms with Gasteiger partial charge in [0.25, 0.3) is 0 Å². The van der Waals surface area contributed by atoms with Crippen molar-refractivity contribution in [3.63, 3.8) is 0 Å². The van der Waals surface area contributed by atoms with Gasteiger partial charge in [-0.3, -0.25) is 4.79 Å². The first kappa shape index (κ1) is 18.0. The fourth-order valence-electron chi connectivity index (χ4n) is 3.18. The maximum Gasteiger partial charge on any atom is 0.220 e. The maximum atomic E-state index is 12.0. The second-order valence-corrected chi connectivity index (χ2v) is 6.43.